The van der Waals surface area contributed by atoms with Crippen LogP contribution >= 0.6 is 9.39 Å². The number of anilines is 1. The molecule has 0 radical (unpaired) electrons. The first kappa shape index (κ1) is 11.6. The molecule has 1 unspecified atom stereocenters. The van der Waals surface area contributed by atoms with Crippen molar-refractivity contribution in [2.24, 2.45) is 0 Å². The van der Waals surface area contributed by atoms with Gasteiger partial charge in [-0.2, -0.15) is 0 Å². The first-order valence-electron chi connectivity index (χ1n) is 4.16. The van der Waals surface area contributed by atoms with Crippen molar-refractivity contribution in [2.45, 2.75) is 6.92 Å². The number of amides is 1. The summed E-state index contributed by atoms with van der Waals surface area (Å²) in [5.74, 6) is -0.259. The van der Waals surface area contributed by atoms with Gasteiger partial charge >= 0.3 is 5.97 Å². The fraction of sp³-hybridized carbons (Fsp3) is 0.222. The van der Waals surface area contributed by atoms with Crippen LogP contribution in [0.1, 0.15) is 17.3 Å². The van der Waals surface area contributed by atoms with Gasteiger partial charge in [0.15, 0.2) is 0 Å². The van der Waals surface area contributed by atoms with Crippen LogP contribution in [0, 0.1) is 0 Å². The molecule has 1 rings (SSSR count). The van der Waals surface area contributed by atoms with Gasteiger partial charge in [0.25, 0.3) is 0 Å². The predicted molar refractivity (Wildman–Crippen MR) is 58.4 cm³/mol. The van der Waals surface area contributed by atoms with Gasteiger partial charge in [-0.25, -0.2) is 9.78 Å². The highest BCUT2D eigenvalue weighted by atomic mass is 31.0. The highest BCUT2D eigenvalue weighted by Gasteiger charge is 2.11. The maximum absolute atomic E-state index is 11.2. The molecule has 0 bridgehead atoms. The maximum Gasteiger partial charge on any atom is 0.338 e. The van der Waals surface area contributed by atoms with Crippen molar-refractivity contribution in [2.75, 3.05) is 11.8 Å². The third-order valence-corrected chi connectivity index (χ3v) is 2.38. The average Bonchev–Trinajstić information content (AvgIpc) is 2.27. The zero-order valence-electron chi connectivity index (χ0n) is 8.43. The van der Waals surface area contributed by atoms with E-state index in [9.17, 15) is 9.59 Å². The molecule has 6 heteroatoms. The lowest BCUT2D eigenvalue weighted by molar-refractivity contribution is -0.115. The van der Waals surface area contributed by atoms with Crippen LogP contribution in [-0.2, 0) is 9.53 Å². The third kappa shape index (κ3) is 2.73. The molecule has 0 N–H and O–H groups in total. The Labute approximate surface area is 89.7 Å². The summed E-state index contributed by atoms with van der Waals surface area (Å²) in [6.07, 6.45) is 1.45. The number of carbonyl (C=O) groups is 2. The van der Waals surface area contributed by atoms with Gasteiger partial charge in [-0.1, -0.05) is 0 Å². The topological polar surface area (TPSA) is 59.5 Å². The first-order valence-corrected chi connectivity index (χ1v) is 4.67. The minimum atomic E-state index is -0.458. The van der Waals surface area contributed by atoms with Gasteiger partial charge in [0, 0.05) is 13.1 Å². The van der Waals surface area contributed by atoms with Crippen molar-refractivity contribution in [3.8, 4) is 0 Å². The second kappa shape index (κ2) is 4.84. The number of ether oxygens (including phenoxy) is 1. The average molecular weight is 226 g/mol. The van der Waals surface area contributed by atoms with Crippen molar-refractivity contribution in [3.05, 3.63) is 23.9 Å². The van der Waals surface area contributed by atoms with Gasteiger partial charge in [0.05, 0.1) is 12.7 Å². The van der Waals surface area contributed by atoms with Crippen LogP contribution in [0.4, 0.5) is 5.82 Å². The number of carbonyl (C=O) groups excluding carboxylic acids is 2. The molecule has 1 atom stereocenters. The monoisotopic (exact) mass is 226 g/mol. The van der Waals surface area contributed by atoms with E-state index >= 15 is 0 Å². The summed E-state index contributed by atoms with van der Waals surface area (Å²) >= 11 is 0. The van der Waals surface area contributed by atoms with Gasteiger partial charge in [-0.3, -0.25) is 9.46 Å². The lowest BCUT2D eigenvalue weighted by atomic mass is 10.2. The lowest BCUT2D eigenvalue weighted by Gasteiger charge is -2.13. The molecule has 0 aromatic carbocycles. The molecule has 0 saturated heterocycles. The summed E-state index contributed by atoms with van der Waals surface area (Å²) < 4.78 is 5.82. The highest BCUT2D eigenvalue weighted by Crippen LogP contribution is 2.16. The Kier molecular flexibility index (Phi) is 3.74. The minimum Gasteiger partial charge on any atom is -0.465 e. The van der Waals surface area contributed by atoms with Crippen molar-refractivity contribution in [1.82, 2.24) is 4.98 Å². The molecule has 0 aliphatic rings. The Bertz CT molecular complexity index is 395. The van der Waals surface area contributed by atoms with E-state index in [0.717, 1.165) is 0 Å². The third-order valence-electron chi connectivity index (χ3n) is 1.75. The molecule has 0 aliphatic carbocycles. The summed E-state index contributed by atoms with van der Waals surface area (Å²) in [7, 11) is 3.52. The van der Waals surface area contributed by atoms with Crippen molar-refractivity contribution in [1.29, 1.82) is 0 Å². The smallest absolute Gasteiger partial charge is 0.338 e. The molecule has 0 fully saturated rings. The molecule has 0 aliphatic heterocycles. The van der Waals surface area contributed by atoms with Crippen LogP contribution in [0.2, 0.25) is 0 Å². The molecule has 1 heterocycles. The largest absolute Gasteiger partial charge is 0.465 e. The molecule has 1 aromatic rings. The van der Waals surface area contributed by atoms with E-state index in [1.807, 2.05) is 0 Å². The zero-order valence-corrected chi connectivity index (χ0v) is 9.58. The Morgan fingerprint density at radius 1 is 1.53 bits per heavy atom. The summed E-state index contributed by atoms with van der Waals surface area (Å²) in [4.78, 5) is 26.2. The minimum absolute atomic E-state index is 0.186. The number of aromatic nitrogens is 1. The Hall–Kier alpha value is -1.48. The van der Waals surface area contributed by atoms with E-state index in [0.29, 0.717) is 11.4 Å². The summed E-state index contributed by atoms with van der Waals surface area (Å²) in [6, 6.07) is 3.01. The van der Waals surface area contributed by atoms with Crippen molar-refractivity contribution in [3.63, 3.8) is 0 Å². The molecule has 1 aromatic heterocycles. The van der Waals surface area contributed by atoms with Gasteiger partial charge in [-0.05, 0) is 21.5 Å². The number of rotatable bonds is 2. The van der Waals surface area contributed by atoms with Crippen molar-refractivity contribution < 1.29 is 14.3 Å². The highest BCUT2D eigenvalue weighted by molar-refractivity contribution is 7.21. The Morgan fingerprint density at radius 3 is 2.73 bits per heavy atom. The standard InChI is InChI=1S/C9H11N2O3P/c1-6(12)11(15)8-5-7(3-4-10-8)9(13)14-2/h3-5H,15H2,1-2H3. The van der Waals surface area contributed by atoms with Gasteiger partial charge in [-0.15, -0.1) is 0 Å². The zero-order chi connectivity index (χ0) is 11.4. The summed E-state index contributed by atoms with van der Waals surface area (Å²) in [5.41, 5.74) is 0.358. The van der Waals surface area contributed by atoms with Crippen LogP contribution < -0.4 is 4.67 Å². The molecular weight excluding hydrogens is 215 g/mol. The van der Waals surface area contributed by atoms with E-state index in [-0.39, 0.29) is 5.91 Å². The molecule has 0 spiro atoms. The summed E-state index contributed by atoms with van der Waals surface area (Å²) in [5, 5.41) is 0. The van der Waals surface area contributed by atoms with E-state index in [4.69, 9.17) is 0 Å². The van der Waals surface area contributed by atoms with E-state index in [1.54, 1.807) is 0 Å². The first-order chi connectivity index (χ1) is 7.06. The fourth-order valence-corrected chi connectivity index (χ4v) is 1.10. The molecular formula is C9H11N2O3P. The molecule has 15 heavy (non-hydrogen) atoms. The van der Waals surface area contributed by atoms with Gasteiger partial charge in [0.2, 0.25) is 5.91 Å². The Morgan fingerprint density at radius 2 is 2.20 bits per heavy atom. The molecule has 1 amide bonds. The number of pyridine rings is 1. The van der Waals surface area contributed by atoms with Crippen LogP contribution in [-0.4, -0.2) is 24.0 Å². The number of hydrogen-bond donors (Lipinski definition) is 0. The van der Waals surface area contributed by atoms with Crippen LogP contribution in [0.5, 0.6) is 0 Å². The molecule has 5 nitrogen and oxygen atoms in total. The number of hydrogen-bond acceptors (Lipinski definition) is 4. The van der Waals surface area contributed by atoms with Crippen LogP contribution in [0.25, 0.3) is 0 Å². The quantitative estimate of drug-likeness (QED) is 0.557. The lowest BCUT2D eigenvalue weighted by Crippen LogP contribution is -2.17. The van der Waals surface area contributed by atoms with Gasteiger partial charge < -0.3 is 4.74 Å². The fourth-order valence-electron chi connectivity index (χ4n) is 0.956. The SMILES string of the molecule is COC(=O)c1ccnc(N(P)C(C)=O)c1. The second-order valence-electron chi connectivity index (χ2n) is 2.78. The van der Waals surface area contributed by atoms with E-state index < -0.39 is 5.97 Å². The second-order valence-corrected chi connectivity index (χ2v) is 3.30. The Balaban J connectivity index is 3.02. The van der Waals surface area contributed by atoms with E-state index in [2.05, 4.69) is 19.1 Å². The normalized spacial score (nSPS) is 9.53. The molecule has 80 valence electrons. The predicted octanol–water partition coefficient (Wildman–Crippen LogP) is 1.01. The van der Waals surface area contributed by atoms with Gasteiger partial charge in [0.1, 0.15) is 5.82 Å². The number of nitrogens with zero attached hydrogens (tertiary/aromatic N) is 2. The number of esters is 1. The number of methoxy groups -OCH3 is 1. The summed E-state index contributed by atoms with van der Waals surface area (Å²) in [6.45, 7) is 1.40. The van der Waals surface area contributed by atoms with Crippen LogP contribution in [0.3, 0.4) is 0 Å². The van der Waals surface area contributed by atoms with Crippen molar-refractivity contribution >= 4 is 27.1 Å². The molecule has 0 saturated carbocycles. The van der Waals surface area contributed by atoms with Crippen LogP contribution in [0.15, 0.2) is 18.3 Å². The van der Waals surface area contributed by atoms with E-state index in [1.165, 1.54) is 37.0 Å². The maximum atomic E-state index is 11.2.